The Morgan fingerprint density at radius 1 is 1.27 bits per heavy atom. The van der Waals surface area contributed by atoms with Crippen molar-refractivity contribution in [2.45, 2.75) is 32.9 Å². The average molecular weight is 358 g/mol. The number of benzene rings is 1. The molecule has 3 rings (SSSR count). The Morgan fingerprint density at radius 3 is 2.62 bits per heavy atom. The van der Waals surface area contributed by atoms with Gasteiger partial charge in [-0.2, -0.15) is 0 Å². The van der Waals surface area contributed by atoms with Crippen LogP contribution in [0.3, 0.4) is 0 Å². The molecule has 1 atom stereocenters. The van der Waals surface area contributed by atoms with Gasteiger partial charge in [-0.3, -0.25) is 15.0 Å². The van der Waals surface area contributed by atoms with Crippen LogP contribution in [0.1, 0.15) is 53.1 Å². The highest BCUT2D eigenvalue weighted by Gasteiger charge is 2.33. The molecule has 8 nitrogen and oxygen atoms in total. The van der Waals surface area contributed by atoms with Crippen LogP contribution in [0.25, 0.3) is 0 Å². The number of amides is 2. The highest BCUT2D eigenvalue weighted by molar-refractivity contribution is 6.03. The summed E-state index contributed by atoms with van der Waals surface area (Å²) in [5.41, 5.74) is 0.389. The van der Waals surface area contributed by atoms with E-state index in [9.17, 15) is 14.0 Å². The normalized spacial score (nSPS) is 16.1. The molecule has 0 aliphatic carbocycles. The van der Waals surface area contributed by atoms with E-state index in [4.69, 9.17) is 5.41 Å². The van der Waals surface area contributed by atoms with Gasteiger partial charge >= 0.3 is 0 Å². The van der Waals surface area contributed by atoms with Gasteiger partial charge in [-0.25, -0.2) is 4.39 Å². The van der Waals surface area contributed by atoms with Crippen molar-refractivity contribution in [3.8, 4) is 0 Å². The zero-order chi connectivity index (χ0) is 18.8. The summed E-state index contributed by atoms with van der Waals surface area (Å²) in [6.45, 7) is 4.30. The van der Waals surface area contributed by atoms with E-state index in [0.717, 1.165) is 0 Å². The van der Waals surface area contributed by atoms with E-state index in [-0.39, 0.29) is 23.6 Å². The molecule has 2 amide bonds. The maximum Gasteiger partial charge on any atom is 0.294 e. The third-order valence-corrected chi connectivity index (χ3v) is 4.36. The van der Waals surface area contributed by atoms with Crippen molar-refractivity contribution in [2.75, 3.05) is 6.54 Å². The molecule has 2 heterocycles. The van der Waals surface area contributed by atoms with E-state index in [1.54, 1.807) is 23.3 Å². The summed E-state index contributed by atoms with van der Waals surface area (Å²) < 4.78 is 14.7. The number of aromatic nitrogens is 3. The fourth-order valence-electron chi connectivity index (χ4n) is 2.87. The van der Waals surface area contributed by atoms with Crippen LogP contribution in [0.4, 0.5) is 4.39 Å². The van der Waals surface area contributed by atoms with Crippen LogP contribution in [0.2, 0.25) is 0 Å². The summed E-state index contributed by atoms with van der Waals surface area (Å²) in [6, 6.07) is 4.99. The number of hydrogen-bond donors (Lipinski definition) is 2. The van der Waals surface area contributed by atoms with Gasteiger partial charge in [0.25, 0.3) is 11.8 Å². The second kappa shape index (κ2) is 7.03. The van der Waals surface area contributed by atoms with Gasteiger partial charge in [-0.1, -0.05) is 6.92 Å². The van der Waals surface area contributed by atoms with Crippen molar-refractivity contribution < 1.29 is 14.0 Å². The molecular weight excluding hydrogens is 339 g/mol. The molecule has 2 aromatic rings. The smallest absolute Gasteiger partial charge is 0.294 e. The topological polar surface area (TPSA) is 104 Å². The van der Waals surface area contributed by atoms with E-state index >= 15 is 0 Å². The minimum Gasteiger partial charge on any atom is -0.327 e. The van der Waals surface area contributed by atoms with Gasteiger partial charge in [-0.05, 0) is 31.2 Å². The summed E-state index contributed by atoms with van der Waals surface area (Å²) in [4.78, 5) is 26.5. The fraction of sp³-hybridized carbons (Fsp3) is 0.353. The molecule has 1 aromatic carbocycles. The predicted molar refractivity (Wildman–Crippen MR) is 91.4 cm³/mol. The van der Waals surface area contributed by atoms with Gasteiger partial charge in [0.1, 0.15) is 5.82 Å². The Morgan fingerprint density at radius 2 is 1.96 bits per heavy atom. The van der Waals surface area contributed by atoms with E-state index in [0.29, 0.717) is 30.9 Å². The first-order chi connectivity index (χ1) is 12.4. The van der Waals surface area contributed by atoms with E-state index in [1.807, 2.05) is 0 Å². The van der Waals surface area contributed by atoms with E-state index in [2.05, 4.69) is 15.5 Å². The third-order valence-electron chi connectivity index (χ3n) is 4.36. The van der Waals surface area contributed by atoms with E-state index < -0.39 is 11.7 Å². The maximum atomic E-state index is 13.1. The minimum absolute atomic E-state index is 0.101. The van der Waals surface area contributed by atoms with Gasteiger partial charge in [0.15, 0.2) is 5.82 Å². The standard InChI is InChI=1S/C17H19FN6O2/c1-3-13(19)20-16(25)15-22-21-14-10(2)23(8-9-24(14)15)17(26)11-4-6-12(18)7-5-11/h4-7,10H,3,8-9H2,1-2H3,(H2,19,20,25)/t10-/m1/s1. The van der Waals surface area contributed by atoms with Crippen molar-refractivity contribution in [3.05, 3.63) is 47.3 Å². The second-order valence-electron chi connectivity index (χ2n) is 6.00. The zero-order valence-corrected chi connectivity index (χ0v) is 14.5. The number of fused-ring (bicyclic) bond motifs is 1. The van der Waals surface area contributed by atoms with Crippen LogP contribution in [0.5, 0.6) is 0 Å². The van der Waals surface area contributed by atoms with Crippen molar-refractivity contribution in [3.63, 3.8) is 0 Å². The number of rotatable bonds is 3. The SMILES string of the molecule is CCC(=N)NC(=O)c1nnc2n1CCN(C(=O)c1ccc(F)cc1)[C@@H]2C. The monoisotopic (exact) mass is 358 g/mol. The first kappa shape index (κ1) is 17.7. The molecular formula is C17H19FN6O2. The zero-order valence-electron chi connectivity index (χ0n) is 14.5. The van der Waals surface area contributed by atoms with Crippen molar-refractivity contribution in [1.82, 2.24) is 25.0 Å². The van der Waals surface area contributed by atoms with Crippen LogP contribution in [-0.4, -0.2) is 43.9 Å². The van der Waals surface area contributed by atoms with Gasteiger partial charge in [0.05, 0.1) is 11.9 Å². The summed E-state index contributed by atoms with van der Waals surface area (Å²) >= 11 is 0. The number of halogens is 1. The Balaban J connectivity index is 1.82. The largest absolute Gasteiger partial charge is 0.327 e. The lowest BCUT2D eigenvalue weighted by Gasteiger charge is -2.33. The van der Waals surface area contributed by atoms with Gasteiger partial charge in [-0.15, -0.1) is 10.2 Å². The molecule has 0 saturated heterocycles. The molecule has 0 fully saturated rings. The fourth-order valence-corrected chi connectivity index (χ4v) is 2.87. The molecule has 9 heteroatoms. The Bertz CT molecular complexity index is 861. The molecule has 0 bridgehead atoms. The lowest BCUT2D eigenvalue weighted by molar-refractivity contribution is 0.0636. The van der Waals surface area contributed by atoms with Crippen LogP contribution in [0, 0.1) is 11.2 Å². The third kappa shape index (κ3) is 3.19. The summed E-state index contributed by atoms with van der Waals surface area (Å²) in [5, 5.41) is 18.0. The van der Waals surface area contributed by atoms with Crippen molar-refractivity contribution in [2.24, 2.45) is 0 Å². The van der Waals surface area contributed by atoms with Crippen LogP contribution in [0.15, 0.2) is 24.3 Å². The predicted octanol–water partition coefficient (Wildman–Crippen LogP) is 1.75. The van der Waals surface area contributed by atoms with Crippen LogP contribution < -0.4 is 5.32 Å². The molecule has 1 aliphatic heterocycles. The second-order valence-corrected chi connectivity index (χ2v) is 6.00. The molecule has 0 radical (unpaired) electrons. The molecule has 0 saturated carbocycles. The van der Waals surface area contributed by atoms with Gasteiger partial charge in [0, 0.05) is 25.1 Å². The molecule has 26 heavy (non-hydrogen) atoms. The summed E-state index contributed by atoms with van der Waals surface area (Å²) in [6.07, 6.45) is 0.406. The average Bonchev–Trinajstić information content (AvgIpc) is 3.07. The molecule has 1 aromatic heterocycles. The molecule has 0 unspecified atom stereocenters. The Hall–Kier alpha value is -3.10. The lowest BCUT2D eigenvalue weighted by atomic mass is 10.1. The van der Waals surface area contributed by atoms with Gasteiger partial charge < -0.3 is 14.8 Å². The van der Waals surface area contributed by atoms with E-state index in [1.165, 1.54) is 24.3 Å². The summed E-state index contributed by atoms with van der Waals surface area (Å²) in [7, 11) is 0. The van der Waals surface area contributed by atoms with Crippen molar-refractivity contribution in [1.29, 1.82) is 5.41 Å². The molecule has 136 valence electrons. The number of amidine groups is 1. The molecule has 1 aliphatic rings. The number of nitrogens with one attached hydrogen (secondary N) is 2. The number of hydrogen-bond acceptors (Lipinski definition) is 5. The molecule has 0 spiro atoms. The highest BCUT2D eigenvalue weighted by Crippen LogP contribution is 2.26. The minimum atomic E-state index is -0.485. The summed E-state index contributed by atoms with van der Waals surface area (Å²) in [5.74, 6) is -0.393. The number of carbonyl (C=O) groups excluding carboxylic acids is 2. The lowest BCUT2D eigenvalue weighted by Crippen LogP contribution is -2.42. The number of carbonyl (C=O) groups is 2. The van der Waals surface area contributed by atoms with Crippen LogP contribution in [-0.2, 0) is 6.54 Å². The Labute approximate surface area is 149 Å². The highest BCUT2D eigenvalue weighted by atomic mass is 19.1. The first-order valence-electron chi connectivity index (χ1n) is 8.30. The molecule has 2 N–H and O–H groups in total. The Kier molecular flexibility index (Phi) is 4.79. The maximum absolute atomic E-state index is 13.1. The number of nitrogens with zero attached hydrogens (tertiary/aromatic N) is 4. The van der Waals surface area contributed by atoms with Gasteiger partial charge in [0.2, 0.25) is 5.82 Å². The quantitative estimate of drug-likeness (QED) is 0.644. The first-order valence-corrected chi connectivity index (χ1v) is 8.30. The van der Waals surface area contributed by atoms with Crippen molar-refractivity contribution >= 4 is 17.6 Å². The van der Waals surface area contributed by atoms with Crippen LogP contribution >= 0.6 is 0 Å².